The van der Waals surface area contributed by atoms with Gasteiger partial charge in [-0.2, -0.15) is 0 Å². The van der Waals surface area contributed by atoms with Crippen molar-refractivity contribution < 1.29 is 8.95 Å². The molecule has 5 heteroatoms. The summed E-state index contributed by atoms with van der Waals surface area (Å²) < 4.78 is 19.9. The molecule has 1 aromatic carbocycles. The highest BCUT2D eigenvalue weighted by Crippen LogP contribution is 2.41. The van der Waals surface area contributed by atoms with E-state index in [4.69, 9.17) is 10.5 Å². The summed E-state index contributed by atoms with van der Waals surface area (Å²) >= 11 is 3.50. The van der Waals surface area contributed by atoms with E-state index in [1.54, 1.807) is 0 Å². The Hall–Kier alpha value is -0.390. The first kappa shape index (κ1) is 15.5. The molecule has 2 unspecified atom stereocenters. The Balaban J connectivity index is 1.77. The molecule has 116 valence electrons. The van der Waals surface area contributed by atoms with Gasteiger partial charge in [-0.1, -0.05) is 19.3 Å². The molecule has 0 aromatic heterocycles. The lowest BCUT2D eigenvalue weighted by Crippen LogP contribution is -2.44. The highest BCUT2D eigenvalue weighted by Gasteiger charge is 2.40. The monoisotopic (exact) mass is 371 g/mol. The summed E-state index contributed by atoms with van der Waals surface area (Å²) in [5.41, 5.74) is 6.46. The molecule has 2 N–H and O–H groups in total. The van der Waals surface area contributed by atoms with E-state index in [2.05, 4.69) is 15.9 Å². The van der Waals surface area contributed by atoms with Crippen molar-refractivity contribution in [3.63, 3.8) is 0 Å². The van der Waals surface area contributed by atoms with Crippen LogP contribution in [0.2, 0.25) is 0 Å². The molecular formula is C16H22BrNO2S. The van der Waals surface area contributed by atoms with Gasteiger partial charge in [0.2, 0.25) is 0 Å². The van der Waals surface area contributed by atoms with E-state index in [1.165, 1.54) is 19.3 Å². The zero-order chi connectivity index (χ0) is 14.9. The number of rotatable bonds is 2. The lowest BCUT2D eigenvalue weighted by Gasteiger charge is -2.43. The van der Waals surface area contributed by atoms with Gasteiger partial charge < -0.3 is 10.5 Å². The third-order valence-corrected chi connectivity index (χ3v) is 7.40. The standard InChI is InChI=1S/C16H22BrNO2S/c17-14-10-12(18)4-5-15(14)21(19)13-6-9-20-16(11-13)7-2-1-3-8-16/h4-5,10,13H,1-3,6-9,11,18H2. The second kappa shape index (κ2) is 6.39. The Morgan fingerprint density at radius 3 is 2.76 bits per heavy atom. The molecule has 1 saturated heterocycles. The summed E-state index contributed by atoms with van der Waals surface area (Å²) in [6, 6.07) is 5.55. The minimum atomic E-state index is -1.000. The first-order valence-corrected chi connectivity index (χ1v) is 9.70. The summed E-state index contributed by atoms with van der Waals surface area (Å²) in [5, 5.41) is 0.191. The number of hydrogen-bond donors (Lipinski definition) is 1. The quantitative estimate of drug-likeness (QED) is 0.798. The van der Waals surface area contributed by atoms with Crippen LogP contribution in [-0.2, 0) is 15.5 Å². The van der Waals surface area contributed by atoms with Crippen LogP contribution in [0, 0.1) is 0 Å². The fourth-order valence-electron chi connectivity index (χ4n) is 3.57. The highest BCUT2D eigenvalue weighted by molar-refractivity contribution is 9.10. The van der Waals surface area contributed by atoms with Crippen molar-refractivity contribution in [2.75, 3.05) is 12.3 Å². The van der Waals surface area contributed by atoms with Gasteiger partial charge in [-0.05, 0) is 59.8 Å². The molecule has 1 aromatic rings. The van der Waals surface area contributed by atoms with Gasteiger partial charge >= 0.3 is 0 Å². The van der Waals surface area contributed by atoms with Crippen LogP contribution >= 0.6 is 15.9 Å². The van der Waals surface area contributed by atoms with Crippen molar-refractivity contribution >= 4 is 32.4 Å². The molecule has 2 aliphatic rings. The fraction of sp³-hybridized carbons (Fsp3) is 0.625. The van der Waals surface area contributed by atoms with E-state index >= 15 is 0 Å². The van der Waals surface area contributed by atoms with Crippen molar-refractivity contribution in [1.29, 1.82) is 0 Å². The van der Waals surface area contributed by atoms with Crippen molar-refractivity contribution in [3.05, 3.63) is 22.7 Å². The third kappa shape index (κ3) is 3.35. The maximum atomic E-state index is 12.9. The van der Waals surface area contributed by atoms with Gasteiger partial charge in [0.1, 0.15) is 0 Å². The zero-order valence-corrected chi connectivity index (χ0v) is 14.5. The average molecular weight is 372 g/mol. The normalized spacial score (nSPS) is 26.6. The summed E-state index contributed by atoms with van der Waals surface area (Å²) in [6.45, 7) is 0.739. The van der Waals surface area contributed by atoms with E-state index in [0.29, 0.717) is 5.69 Å². The van der Waals surface area contributed by atoms with Gasteiger partial charge in [-0.25, -0.2) is 0 Å². The molecule has 1 aliphatic carbocycles. The van der Waals surface area contributed by atoms with Crippen LogP contribution in [0.25, 0.3) is 0 Å². The molecule has 1 aliphatic heterocycles. The fourth-order valence-corrected chi connectivity index (χ4v) is 6.02. The Morgan fingerprint density at radius 2 is 2.05 bits per heavy atom. The van der Waals surface area contributed by atoms with E-state index in [9.17, 15) is 4.21 Å². The van der Waals surface area contributed by atoms with Crippen LogP contribution in [-0.4, -0.2) is 21.7 Å². The smallest absolute Gasteiger partial charge is 0.0694 e. The van der Waals surface area contributed by atoms with E-state index in [-0.39, 0.29) is 10.9 Å². The first-order valence-electron chi connectivity index (χ1n) is 7.69. The van der Waals surface area contributed by atoms with Gasteiger partial charge in [-0.15, -0.1) is 0 Å². The first-order chi connectivity index (χ1) is 10.1. The predicted octanol–water partition coefficient (Wildman–Crippen LogP) is 4.02. The van der Waals surface area contributed by atoms with E-state index in [1.807, 2.05) is 18.2 Å². The molecular weight excluding hydrogens is 350 g/mol. The number of ether oxygens (including phenoxy) is 1. The lowest BCUT2D eigenvalue weighted by atomic mass is 9.80. The predicted molar refractivity (Wildman–Crippen MR) is 89.8 cm³/mol. The zero-order valence-electron chi connectivity index (χ0n) is 12.1. The van der Waals surface area contributed by atoms with E-state index in [0.717, 1.165) is 41.7 Å². The van der Waals surface area contributed by atoms with Crippen molar-refractivity contribution in [2.45, 2.75) is 60.7 Å². The minimum absolute atomic E-state index is 0.00287. The topological polar surface area (TPSA) is 52.3 Å². The van der Waals surface area contributed by atoms with Gasteiger partial charge in [0.15, 0.2) is 0 Å². The Kier molecular flexibility index (Phi) is 4.71. The van der Waals surface area contributed by atoms with Crippen LogP contribution in [0.5, 0.6) is 0 Å². The van der Waals surface area contributed by atoms with Crippen LogP contribution in [0.1, 0.15) is 44.9 Å². The average Bonchev–Trinajstić information content (AvgIpc) is 2.47. The minimum Gasteiger partial charge on any atom is -0.399 e. The molecule has 1 spiro atoms. The Morgan fingerprint density at radius 1 is 1.29 bits per heavy atom. The van der Waals surface area contributed by atoms with Gasteiger partial charge in [-0.3, -0.25) is 4.21 Å². The maximum absolute atomic E-state index is 12.9. The number of halogens is 1. The SMILES string of the molecule is Nc1ccc(S(=O)C2CCOC3(CCCCC3)C2)c(Br)c1. The molecule has 0 radical (unpaired) electrons. The summed E-state index contributed by atoms with van der Waals surface area (Å²) in [7, 11) is -1.000. The Labute approximate surface area is 137 Å². The number of anilines is 1. The van der Waals surface area contributed by atoms with Crippen LogP contribution < -0.4 is 5.73 Å². The molecule has 2 fully saturated rings. The number of benzene rings is 1. The molecule has 0 bridgehead atoms. The van der Waals surface area contributed by atoms with Gasteiger partial charge in [0.05, 0.1) is 21.3 Å². The highest BCUT2D eigenvalue weighted by atomic mass is 79.9. The second-order valence-corrected chi connectivity index (χ2v) is 8.75. The molecule has 1 heterocycles. The molecule has 3 rings (SSSR count). The number of hydrogen-bond acceptors (Lipinski definition) is 3. The maximum Gasteiger partial charge on any atom is 0.0694 e. The van der Waals surface area contributed by atoms with E-state index < -0.39 is 10.8 Å². The van der Waals surface area contributed by atoms with Crippen LogP contribution in [0.4, 0.5) is 5.69 Å². The van der Waals surface area contributed by atoms with Crippen LogP contribution in [0.15, 0.2) is 27.6 Å². The van der Waals surface area contributed by atoms with Crippen molar-refractivity contribution in [2.24, 2.45) is 0 Å². The summed E-state index contributed by atoms with van der Waals surface area (Å²) in [4.78, 5) is 0.863. The molecule has 2 atom stereocenters. The molecule has 21 heavy (non-hydrogen) atoms. The summed E-state index contributed by atoms with van der Waals surface area (Å²) in [6.07, 6.45) is 7.85. The van der Waals surface area contributed by atoms with Gasteiger partial charge in [0, 0.05) is 22.0 Å². The molecule has 0 amide bonds. The van der Waals surface area contributed by atoms with Gasteiger partial charge in [0.25, 0.3) is 0 Å². The molecule has 1 saturated carbocycles. The number of nitrogens with two attached hydrogens (primary N) is 1. The molecule has 3 nitrogen and oxygen atoms in total. The van der Waals surface area contributed by atoms with Crippen molar-refractivity contribution in [3.8, 4) is 0 Å². The van der Waals surface area contributed by atoms with Crippen LogP contribution in [0.3, 0.4) is 0 Å². The number of nitrogen functional groups attached to an aromatic ring is 1. The van der Waals surface area contributed by atoms with Crippen molar-refractivity contribution in [1.82, 2.24) is 0 Å². The largest absolute Gasteiger partial charge is 0.399 e. The third-order valence-electron chi connectivity index (χ3n) is 4.69. The Bertz CT molecular complexity index is 538. The second-order valence-electron chi connectivity index (χ2n) is 6.19. The summed E-state index contributed by atoms with van der Waals surface area (Å²) in [5.74, 6) is 0. The lowest BCUT2D eigenvalue weighted by molar-refractivity contribution is -0.0975.